The molecule has 3 aromatic rings. The van der Waals surface area contributed by atoms with Crippen molar-refractivity contribution in [2.45, 2.75) is 18.7 Å². The zero-order chi connectivity index (χ0) is 20.6. The van der Waals surface area contributed by atoms with Gasteiger partial charge in [0.15, 0.2) is 0 Å². The number of anilines is 1. The zero-order valence-corrected chi connectivity index (χ0v) is 16.8. The van der Waals surface area contributed by atoms with Gasteiger partial charge in [-0.05, 0) is 37.6 Å². The van der Waals surface area contributed by atoms with Gasteiger partial charge in [-0.25, -0.2) is 8.42 Å². The van der Waals surface area contributed by atoms with Crippen LogP contribution in [0.1, 0.15) is 11.3 Å². The number of rotatable bonds is 5. The van der Waals surface area contributed by atoms with Crippen LogP contribution in [0.3, 0.4) is 0 Å². The number of sulfonamides is 1. The Morgan fingerprint density at radius 2 is 1.96 bits per heavy atom. The van der Waals surface area contributed by atoms with Gasteiger partial charge in [0.2, 0.25) is 15.9 Å². The molecule has 10 heteroatoms. The average Bonchev–Trinajstić information content (AvgIpc) is 3.06. The first-order chi connectivity index (χ1) is 13.1. The maximum absolute atomic E-state index is 13.0. The van der Waals surface area contributed by atoms with Gasteiger partial charge in [0.25, 0.3) is 5.56 Å². The van der Waals surface area contributed by atoms with Crippen LogP contribution in [0.15, 0.2) is 40.2 Å². The first kappa shape index (κ1) is 19.8. The minimum atomic E-state index is -3.93. The Morgan fingerprint density at radius 3 is 2.64 bits per heavy atom. The van der Waals surface area contributed by atoms with Crippen LogP contribution in [0, 0.1) is 13.8 Å². The van der Waals surface area contributed by atoms with Gasteiger partial charge in [0.1, 0.15) is 4.90 Å². The van der Waals surface area contributed by atoms with Crippen molar-refractivity contribution in [3.63, 3.8) is 0 Å². The van der Waals surface area contributed by atoms with Crippen LogP contribution in [0.4, 0.5) is 5.69 Å². The molecule has 0 unspecified atom stereocenters. The molecule has 28 heavy (non-hydrogen) atoms. The fraction of sp³-hybridized carbons (Fsp3) is 0.278. The molecule has 9 nitrogen and oxygen atoms in total. The maximum Gasteiger partial charge on any atom is 0.252 e. The highest BCUT2D eigenvalue weighted by Crippen LogP contribution is 2.25. The second kappa shape index (κ2) is 7.21. The molecule has 0 fully saturated rings. The van der Waals surface area contributed by atoms with Gasteiger partial charge in [-0.15, -0.1) is 0 Å². The van der Waals surface area contributed by atoms with E-state index in [4.69, 9.17) is 0 Å². The summed E-state index contributed by atoms with van der Waals surface area (Å²) in [5.74, 6) is -0.549. The quantitative estimate of drug-likeness (QED) is 0.662. The first-order valence-electron chi connectivity index (χ1n) is 8.47. The van der Waals surface area contributed by atoms with Crippen LogP contribution in [0.2, 0.25) is 0 Å². The molecule has 0 bridgehead atoms. The third-order valence-electron chi connectivity index (χ3n) is 4.50. The van der Waals surface area contributed by atoms with Gasteiger partial charge in [0.05, 0.1) is 18.3 Å². The number of likely N-dealkylation sites (N-methyl/N-ethyl adjacent to an activating group) is 1. The Morgan fingerprint density at radius 1 is 1.25 bits per heavy atom. The molecule has 148 valence electrons. The van der Waals surface area contributed by atoms with Gasteiger partial charge >= 0.3 is 0 Å². The zero-order valence-electron chi connectivity index (χ0n) is 16.0. The number of pyridine rings is 1. The van der Waals surface area contributed by atoms with Gasteiger partial charge in [0, 0.05) is 36.9 Å². The lowest BCUT2D eigenvalue weighted by Gasteiger charge is -2.18. The Hall–Kier alpha value is -2.98. The number of amides is 1. The van der Waals surface area contributed by atoms with Crippen molar-refractivity contribution >= 4 is 32.5 Å². The lowest BCUT2D eigenvalue weighted by atomic mass is 10.2. The molecular weight excluding hydrogens is 382 g/mol. The lowest BCUT2D eigenvalue weighted by molar-refractivity contribution is -0.116. The van der Waals surface area contributed by atoms with Gasteiger partial charge < -0.3 is 9.88 Å². The fourth-order valence-corrected chi connectivity index (χ4v) is 4.25. The Bertz CT molecular complexity index is 1230. The van der Waals surface area contributed by atoms with E-state index in [1.165, 1.54) is 23.7 Å². The molecule has 0 saturated carbocycles. The summed E-state index contributed by atoms with van der Waals surface area (Å²) in [6, 6.07) is 6.29. The molecule has 1 aromatic carbocycles. The van der Waals surface area contributed by atoms with Crippen LogP contribution in [-0.2, 0) is 21.9 Å². The van der Waals surface area contributed by atoms with E-state index in [1.54, 1.807) is 33.2 Å². The monoisotopic (exact) mass is 403 g/mol. The number of nitrogens with one attached hydrogen (secondary N) is 2. The van der Waals surface area contributed by atoms with Crippen molar-refractivity contribution in [2.24, 2.45) is 7.05 Å². The second-order valence-corrected chi connectivity index (χ2v) is 8.70. The molecule has 0 saturated heterocycles. The molecule has 2 heterocycles. The van der Waals surface area contributed by atoms with Crippen molar-refractivity contribution in [3.8, 4) is 0 Å². The molecule has 1 amide bonds. The number of nitrogens with zero attached hydrogens (tertiary/aromatic N) is 3. The molecule has 2 N–H and O–H groups in total. The van der Waals surface area contributed by atoms with Crippen molar-refractivity contribution in [2.75, 3.05) is 18.9 Å². The Kier molecular flexibility index (Phi) is 5.09. The van der Waals surface area contributed by atoms with E-state index in [0.717, 1.165) is 9.87 Å². The molecule has 0 aliphatic heterocycles. The summed E-state index contributed by atoms with van der Waals surface area (Å²) in [4.78, 5) is 24.2. The van der Waals surface area contributed by atoms with E-state index < -0.39 is 22.5 Å². The number of H-pyrrole nitrogens is 1. The van der Waals surface area contributed by atoms with E-state index in [9.17, 15) is 18.0 Å². The molecule has 0 aliphatic rings. The molecule has 0 radical (unpaired) electrons. The molecule has 3 rings (SSSR count). The van der Waals surface area contributed by atoms with Crippen LogP contribution in [0.5, 0.6) is 0 Å². The number of hydrogen-bond acceptors (Lipinski definition) is 5. The predicted octanol–water partition coefficient (Wildman–Crippen LogP) is 1.14. The van der Waals surface area contributed by atoms with Crippen molar-refractivity contribution in [1.82, 2.24) is 19.1 Å². The van der Waals surface area contributed by atoms with Crippen LogP contribution in [0.25, 0.3) is 10.9 Å². The minimum Gasteiger partial charge on any atom is -0.325 e. The molecular formula is C18H21N5O4S. The maximum atomic E-state index is 13.0. The number of fused-ring (bicyclic) bond motifs is 1. The molecule has 0 aliphatic carbocycles. The second-order valence-electron chi connectivity index (χ2n) is 6.69. The van der Waals surface area contributed by atoms with E-state index in [1.807, 2.05) is 6.07 Å². The van der Waals surface area contributed by atoms with Crippen LogP contribution < -0.4 is 10.9 Å². The van der Waals surface area contributed by atoms with Crippen LogP contribution >= 0.6 is 0 Å². The summed E-state index contributed by atoms with van der Waals surface area (Å²) < 4.78 is 28.4. The SMILES string of the molecule is Cc1cc(S(=O)(=O)N(C)CC(=O)Nc2cc(C)n(C)c(=O)c2)c2[nH]ncc2c1. The normalized spacial score (nSPS) is 11.9. The highest BCUT2D eigenvalue weighted by molar-refractivity contribution is 7.89. The number of aryl methyl sites for hydroxylation is 2. The number of aromatic nitrogens is 3. The van der Waals surface area contributed by atoms with Crippen molar-refractivity contribution < 1.29 is 13.2 Å². The Labute approximate surface area is 162 Å². The number of carbonyl (C=O) groups excluding carboxylic acids is 1. The summed E-state index contributed by atoms with van der Waals surface area (Å²) in [5.41, 5.74) is 1.88. The highest BCUT2D eigenvalue weighted by Gasteiger charge is 2.26. The summed E-state index contributed by atoms with van der Waals surface area (Å²) in [7, 11) is -0.978. The third kappa shape index (κ3) is 3.69. The van der Waals surface area contributed by atoms with Gasteiger partial charge in [-0.2, -0.15) is 9.40 Å². The topological polar surface area (TPSA) is 117 Å². The standard InChI is InChI=1S/C18H21N5O4S/c1-11-5-13-9-19-21-18(13)15(6-11)28(26,27)22(3)10-16(24)20-14-7-12(2)23(4)17(25)8-14/h5-9H,10H2,1-4H3,(H,19,21)(H,20,24). The van der Waals surface area contributed by atoms with E-state index in [2.05, 4.69) is 15.5 Å². The van der Waals surface area contributed by atoms with Crippen LogP contribution in [-0.4, -0.2) is 47.0 Å². The molecule has 0 spiro atoms. The Balaban J connectivity index is 1.83. The number of benzene rings is 1. The van der Waals surface area contributed by atoms with E-state index in [-0.39, 0.29) is 10.5 Å². The summed E-state index contributed by atoms with van der Waals surface area (Å²) >= 11 is 0. The largest absolute Gasteiger partial charge is 0.325 e. The molecule has 2 aromatic heterocycles. The smallest absolute Gasteiger partial charge is 0.252 e. The summed E-state index contributed by atoms with van der Waals surface area (Å²) in [6.07, 6.45) is 1.55. The van der Waals surface area contributed by atoms with Crippen molar-refractivity contribution in [1.29, 1.82) is 0 Å². The lowest BCUT2D eigenvalue weighted by Crippen LogP contribution is -2.35. The fourth-order valence-electron chi connectivity index (χ4n) is 2.87. The average molecular weight is 403 g/mol. The predicted molar refractivity (Wildman–Crippen MR) is 106 cm³/mol. The highest BCUT2D eigenvalue weighted by atomic mass is 32.2. The third-order valence-corrected chi connectivity index (χ3v) is 6.33. The van der Waals surface area contributed by atoms with Crippen molar-refractivity contribution in [3.05, 3.63) is 52.1 Å². The van der Waals surface area contributed by atoms with E-state index in [0.29, 0.717) is 22.3 Å². The first-order valence-corrected chi connectivity index (χ1v) is 9.91. The van der Waals surface area contributed by atoms with E-state index >= 15 is 0 Å². The number of carbonyl (C=O) groups is 1. The number of aromatic amines is 1. The number of hydrogen-bond donors (Lipinski definition) is 2. The molecule has 0 atom stereocenters. The summed E-state index contributed by atoms with van der Waals surface area (Å²) in [6.45, 7) is 3.12. The summed E-state index contributed by atoms with van der Waals surface area (Å²) in [5, 5.41) is 9.83. The van der Waals surface area contributed by atoms with Gasteiger partial charge in [-0.3, -0.25) is 14.7 Å². The minimum absolute atomic E-state index is 0.0553. The van der Waals surface area contributed by atoms with Gasteiger partial charge in [-0.1, -0.05) is 0 Å².